The maximum Gasteiger partial charge on any atom is 0.363 e. The molecule has 0 aliphatic carbocycles. The van der Waals surface area contributed by atoms with Gasteiger partial charge in [-0.15, -0.1) is 0 Å². The average molecular weight is 218 g/mol. The molecule has 0 aliphatic heterocycles. The van der Waals surface area contributed by atoms with E-state index >= 15 is 0 Å². The van der Waals surface area contributed by atoms with Gasteiger partial charge in [-0.1, -0.05) is 24.3 Å². The predicted octanol–water partition coefficient (Wildman–Crippen LogP) is 1.64. The highest BCUT2D eigenvalue weighted by atomic mass is 31.2. The first kappa shape index (κ1) is 11.0. The van der Waals surface area contributed by atoms with Crippen LogP contribution in [0.3, 0.4) is 0 Å². The first-order chi connectivity index (χ1) is 6.45. The molecule has 0 bridgehead atoms. The molecule has 0 saturated carbocycles. The summed E-state index contributed by atoms with van der Waals surface area (Å²) in [5, 5.41) is 0. The first-order valence-electron chi connectivity index (χ1n) is 3.69. The molecule has 14 heavy (non-hydrogen) atoms. The van der Waals surface area contributed by atoms with Crippen molar-refractivity contribution in [3.05, 3.63) is 35.4 Å². The lowest BCUT2D eigenvalue weighted by Gasteiger charge is -2.09. The zero-order valence-electron chi connectivity index (χ0n) is 7.00. The largest absolute Gasteiger partial charge is 0.363 e. The number of rotatable bonds is 3. The van der Waals surface area contributed by atoms with Gasteiger partial charge in [0.2, 0.25) is 5.91 Å². The van der Waals surface area contributed by atoms with Crippen LogP contribution in [-0.4, -0.2) is 16.1 Å². The lowest BCUT2D eigenvalue weighted by atomic mass is 10.2. The average Bonchev–Trinajstić information content (AvgIpc) is 2.15. The maximum absolute atomic E-state index is 13.0. The van der Waals surface area contributed by atoms with Gasteiger partial charge >= 0.3 is 7.60 Å². The van der Waals surface area contributed by atoms with E-state index in [1.165, 1.54) is 24.3 Å². The minimum atomic E-state index is -4.76. The van der Waals surface area contributed by atoms with Gasteiger partial charge in [-0.2, -0.15) is 0 Å². The van der Waals surface area contributed by atoms with Crippen LogP contribution in [0, 0.1) is 0 Å². The van der Waals surface area contributed by atoms with Gasteiger partial charge in [0, 0.05) is 5.56 Å². The molecule has 0 fully saturated rings. The molecule has 1 atom stereocenters. The van der Waals surface area contributed by atoms with Crippen molar-refractivity contribution in [1.29, 1.82) is 0 Å². The maximum atomic E-state index is 13.0. The lowest BCUT2D eigenvalue weighted by Crippen LogP contribution is -1.93. The number of benzene rings is 1. The molecule has 0 aliphatic rings. The molecule has 4 nitrogen and oxygen atoms in total. The van der Waals surface area contributed by atoms with Crippen molar-refractivity contribution in [3.8, 4) is 0 Å². The Hall–Kier alpha value is -1.03. The molecule has 1 rings (SSSR count). The number of aldehydes is 1. The summed E-state index contributed by atoms with van der Waals surface area (Å²) in [6.45, 7) is 0. The second kappa shape index (κ2) is 4.00. The fourth-order valence-electron chi connectivity index (χ4n) is 0.928. The second-order valence-corrected chi connectivity index (χ2v) is 4.34. The Balaban J connectivity index is 2.98. The van der Waals surface area contributed by atoms with Crippen LogP contribution in [0.5, 0.6) is 0 Å². The Morgan fingerprint density at radius 3 is 2.14 bits per heavy atom. The molecule has 1 unspecified atom stereocenters. The molecule has 2 N–H and O–H groups in total. The molecule has 0 aromatic heterocycles. The van der Waals surface area contributed by atoms with E-state index in [0.717, 1.165) is 0 Å². The molecule has 76 valence electrons. The fraction of sp³-hybridized carbons (Fsp3) is 0.125. The van der Waals surface area contributed by atoms with Crippen LogP contribution in [0.1, 0.15) is 21.8 Å². The molecular formula is C8H8FO4P. The number of carbonyl (C=O) groups excluding carboxylic acids is 1. The lowest BCUT2D eigenvalue weighted by molar-refractivity contribution is 0.112. The van der Waals surface area contributed by atoms with Crippen LogP contribution in [0.4, 0.5) is 4.39 Å². The van der Waals surface area contributed by atoms with Gasteiger partial charge in [-0.05, 0) is 5.56 Å². The van der Waals surface area contributed by atoms with Crippen molar-refractivity contribution in [2.75, 3.05) is 0 Å². The van der Waals surface area contributed by atoms with Crippen LogP contribution < -0.4 is 0 Å². The summed E-state index contributed by atoms with van der Waals surface area (Å²) in [6, 6.07) is 4.94. The van der Waals surface area contributed by atoms with Gasteiger partial charge in [0.1, 0.15) is 6.29 Å². The molecule has 0 spiro atoms. The number of hydrogen-bond acceptors (Lipinski definition) is 2. The van der Waals surface area contributed by atoms with Gasteiger partial charge in [0.25, 0.3) is 0 Å². The van der Waals surface area contributed by atoms with Crippen LogP contribution in [0.15, 0.2) is 24.3 Å². The van der Waals surface area contributed by atoms with Crippen LogP contribution in [-0.2, 0) is 4.57 Å². The molecule has 1 aromatic carbocycles. The predicted molar refractivity (Wildman–Crippen MR) is 47.7 cm³/mol. The third-order valence-corrected chi connectivity index (χ3v) is 2.53. The number of halogens is 1. The van der Waals surface area contributed by atoms with Crippen molar-refractivity contribution < 1.29 is 23.5 Å². The van der Waals surface area contributed by atoms with Gasteiger partial charge < -0.3 is 9.79 Å². The Morgan fingerprint density at radius 2 is 1.79 bits per heavy atom. The molecule has 6 heteroatoms. The van der Waals surface area contributed by atoms with Crippen LogP contribution in [0.25, 0.3) is 0 Å². The standard InChI is InChI=1S/C8H8FO4P/c9-8(14(11,12)13)7-3-1-6(5-10)2-4-7/h1-5,8H,(H2,11,12,13). The molecule has 0 saturated heterocycles. The van der Waals surface area contributed by atoms with E-state index in [1.54, 1.807) is 0 Å². The minimum absolute atomic E-state index is 0.135. The van der Waals surface area contributed by atoms with E-state index in [4.69, 9.17) is 9.79 Å². The van der Waals surface area contributed by atoms with E-state index in [2.05, 4.69) is 0 Å². The van der Waals surface area contributed by atoms with E-state index in [0.29, 0.717) is 11.8 Å². The summed E-state index contributed by atoms with van der Waals surface area (Å²) in [5.41, 5.74) is 0.190. The van der Waals surface area contributed by atoms with E-state index in [9.17, 15) is 13.8 Å². The van der Waals surface area contributed by atoms with Gasteiger partial charge in [-0.3, -0.25) is 9.36 Å². The Labute approximate surface area is 79.5 Å². The van der Waals surface area contributed by atoms with Crippen molar-refractivity contribution in [2.45, 2.75) is 5.91 Å². The summed E-state index contributed by atoms with van der Waals surface area (Å²) < 4.78 is 23.6. The van der Waals surface area contributed by atoms with E-state index in [-0.39, 0.29) is 5.56 Å². The molecule has 0 radical (unpaired) electrons. The SMILES string of the molecule is O=Cc1ccc(C(F)P(=O)(O)O)cc1. The Kier molecular flexibility index (Phi) is 3.16. The van der Waals surface area contributed by atoms with Gasteiger partial charge in [0.15, 0.2) is 0 Å². The third kappa shape index (κ3) is 2.48. The fourth-order valence-corrected chi connectivity index (χ4v) is 1.49. The number of carbonyl (C=O) groups is 1. The number of alkyl halides is 1. The smallest absolute Gasteiger partial charge is 0.322 e. The van der Waals surface area contributed by atoms with Crippen LogP contribution >= 0.6 is 7.60 Å². The molecule has 0 heterocycles. The van der Waals surface area contributed by atoms with Crippen molar-refractivity contribution >= 4 is 13.9 Å². The van der Waals surface area contributed by atoms with Crippen molar-refractivity contribution in [2.24, 2.45) is 0 Å². The first-order valence-corrected chi connectivity index (χ1v) is 5.37. The molecular weight excluding hydrogens is 210 g/mol. The normalized spacial score (nSPS) is 13.6. The summed E-state index contributed by atoms with van der Waals surface area (Å²) in [5.74, 6) is -2.33. The Morgan fingerprint density at radius 1 is 1.29 bits per heavy atom. The molecule has 1 aromatic rings. The highest BCUT2D eigenvalue weighted by molar-refractivity contribution is 7.51. The quantitative estimate of drug-likeness (QED) is 0.597. The summed E-state index contributed by atoms with van der Waals surface area (Å²) >= 11 is 0. The summed E-state index contributed by atoms with van der Waals surface area (Å²) in [7, 11) is -4.76. The zero-order chi connectivity index (χ0) is 10.8. The highest BCUT2D eigenvalue weighted by Gasteiger charge is 2.29. The van der Waals surface area contributed by atoms with Gasteiger partial charge in [-0.25, -0.2) is 4.39 Å². The molecule has 0 amide bonds. The van der Waals surface area contributed by atoms with E-state index in [1.807, 2.05) is 0 Å². The summed E-state index contributed by atoms with van der Waals surface area (Å²) in [6.07, 6.45) is 0.564. The highest BCUT2D eigenvalue weighted by Crippen LogP contribution is 2.52. The third-order valence-electron chi connectivity index (χ3n) is 1.64. The van der Waals surface area contributed by atoms with Crippen molar-refractivity contribution in [3.63, 3.8) is 0 Å². The minimum Gasteiger partial charge on any atom is -0.322 e. The monoisotopic (exact) mass is 218 g/mol. The number of hydrogen-bond donors (Lipinski definition) is 2. The Bertz CT molecular complexity index is 369. The topological polar surface area (TPSA) is 74.6 Å². The van der Waals surface area contributed by atoms with E-state index < -0.39 is 13.5 Å². The summed E-state index contributed by atoms with van der Waals surface area (Å²) in [4.78, 5) is 27.3. The zero-order valence-corrected chi connectivity index (χ0v) is 7.89. The van der Waals surface area contributed by atoms with Crippen LogP contribution in [0.2, 0.25) is 0 Å². The second-order valence-electron chi connectivity index (χ2n) is 2.71. The van der Waals surface area contributed by atoms with Gasteiger partial charge in [0.05, 0.1) is 0 Å². The van der Waals surface area contributed by atoms with Crippen molar-refractivity contribution in [1.82, 2.24) is 0 Å².